The van der Waals surface area contributed by atoms with Gasteiger partial charge in [0.05, 0.1) is 0 Å². The Hall–Kier alpha value is -1.36. The minimum absolute atomic E-state index is 0.0695. The summed E-state index contributed by atoms with van der Waals surface area (Å²) in [7, 11) is 0. The smallest absolute Gasteiger partial charge is 0.252 e. The van der Waals surface area contributed by atoms with Crippen LogP contribution in [0.1, 0.15) is 32.5 Å². The standard InChI is InChI=1S/C13H22N4O/c1-9(2)14-8-11-5-4-6-17(11)12-7-13(18)16-10(3)15-12/h7,9,11,14H,4-6,8H2,1-3H3,(H,15,16,18). The molecule has 1 aromatic heterocycles. The SMILES string of the molecule is Cc1nc(N2CCCC2CNC(C)C)cc(=O)[nH]1. The number of aromatic nitrogens is 2. The number of hydrogen-bond acceptors (Lipinski definition) is 4. The molecule has 1 saturated heterocycles. The fraction of sp³-hybridized carbons (Fsp3) is 0.692. The van der Waals surface area contributed by atoms with E-state index in [9.17, 15) is 4.79 Å². The molecule has 100 valence electrons. The van der Waals surface area contributed by atoms with Gasteiger partial charge < -0.3 is 15.2 Å². The van der Waals surface area contributed by atoms with Crippen molar-refractivity contribution >= 4 is 5.82 Å². The highest BCUT2D eigenvalue weighted by molar-refractivity contribution is 5.40. The first-order valence-corrected chi connectivity index (χ1v) is 6.64. The summed E-state index contributed by atoms with van der Waals surface area (Å²) in [5.74, 6) is 1.49. The van der Waals surface area contributed by atoms with Gasteiger partial charge in [-0.15, -0.1) is 0 Å². The molecule has 1 unspecified atom stereocenters. The first-order chi connectivity index (χ1) is 8.56. The highest BCUT2D eigenvalue weighted by Gasteiger charge is 2.25. The van der Waals surface area contributed by atoms with Gasteiger partial charge >= 0.3 is 0 Å². The molecule has 2 heterocycles. The molecular formula is C13H22N4O. The van der Waals surface area contributed by atoms with Crippen LogP contribution in [0, 0.1) is 6.92 Å². The quantitative estimate of drug-likeness (QED) is 0.838. The second-order valence-corrected chi connectivity index (χ2v) is 5.24. The number of nitrogens with zero attached hydrogens (tertiary/aromatic N) is 2. The van der Waals surface area contributed by atoms with Crippen molar-refractivity contribution < 1.29 is 0 Å². The summed E-state index contributed by atoms with van der Waals surface area (Å²) in [5.41, 5.74) is -0.0695. The fourth-order valence-corrected chi connectivity index (χ4v) is 2.43. The van der Waals surface area contributed by atoms with Crippen LogP contribution in [-0.4, -0.2) is 35.1 Å². The first-order valence-electron chi connectivity index (χ1n) is 6.64. The lowest BCUT2D eigenvalue weighted by atomic mass is 10.2. The first kappa shape index (κ1) is 13.1. The number of anilines is 1. The van der Waals surface area contributed by atoms with E-state index < -0.39 is 0 Å². The molecule has 1 atom stereocenters. The van der Waals surface area contributed by atoms with Crippen molar-refractivity contribution in [3.05, 3.63) is 22.2 Å². The highest BCUT2D eigenvalue weighted by atomic mass is 16.1. The third-order valence-corrected chi connectivity index (χ3v) is 3.28. The molecule has 1 aliphatic heterocycles. The Morgan fingerprint density at radius 1 is 1.61 bits per heavy atom. The maximum Gasteiger partial charge on any atom is 0.252 e. The Kier molecular flexibility index (Phi) is 4.01. The van der Waals surface area contributed by atoms with E-state index in [0.717, 1.165) is 31.7 Å². The van der Waals surface area contributed by atoms with Gasteiger partial charge in [0.1, 0.15) is 11.6 Å². The van der Waals surface area contributed by atoms with Crippen LogP contribution in [0.15, 0.2) is 10.9 Å². The number of aromatic amines is 1. The van der Waals surface area contributed by atoms with E-state index in [1.807, 2.05) is 6.92 Å². The van der Waals surface area contributed by atoms with Crippen LogP contribution < -0.4 is 15.8 Å². The van der Waals surface area contributed by atoms with Crippen molar-refractivity contribution in [3.8, 4) is 0 Å². The second kappa shape index (κ2) is 5.52. The minimum atomic E-state index is -0.0695. The summed E-state index contributed by atoms with van der Waals surface area (Å²) in [6.07, 6.45) is 2.32. The second-order valence-electron chi connectivity index (χ2n) is 5.24. The predicted molar refractivity (Wildman–Crippen MR) is 73.1 cm³/mol. The van der Waals surface area contributed by atoms with Gasteiger partial charge in [-0.25, -0.2) is 4.98 Å². The van der Waals surface area contributed by atoms with Gasteiger partial charge in [-0.1, -0.05) is 13.8 Å². The van der Waals surface area contributed by atoms with Crippen molar-refractivity contribution in [1.82, 2.24) is 15.3 Å². The zero-order valence-electron chi connectivity index (χ0n) is 11.4. The molecule has 5 heteroatoms. The predicted octanol–water partition coefficient (Wildman–Crippen LogP) is 1.05. The van der Waals surface area contributed by atoms with Crippen molar-refractivity contribution in [2.24, 2.45) is 0 Å². The molecule has 0 aliphatic carbocycles. The summed E-state index contributed by atoms with van der Waals surface area (Å²) in [6, 6.07) is 2.53. The van der Waals surface area contributed by atoms with Crippen molar-refractivity contribution in [2.75, 3.05) is 18.0 Å². The Morgan fingerprint density at radius 3 is 3.06 bits per heavy atom. The molecule has 2 rings (SSSR count). The van der Waals surface area contributed by atoms with E-state index in [1.54, 1.807) is 6.07 Å². The van der Waals surface area contributed by atoms with Crippen LogP contribution in [0.3, 0.4) is 0 Å². The van der Waals surface area contributed by atoms with Gasteiger partial charge in [-0.05, 0) is 19.8 Å². The Balaban J connectivity index is 2.13. The monoisotopic (exact) mass is 250 g/mol. The molecule has 0 bridgehead atoms. The largest absolute Gasteiger partial charge is 0.352 e. The third kappa shape index (κ3) is 3.10. The molecule has 1 aliphatic rings. The van der Waals surface area contributed by atoms with Crippen molar-refractivity contribution in [3.63, 3.8) is 0 Å². The Morgan fingerprint density at radius 2 is 2.39 bits per heavy atom. The van der Waals surface area contributed by atoms with Crippen LogP contribution in [0.25, 0.3) is 0 Å². The topological polar surface area (TPSA) is 61.0 Å². The van der Waals surface area contributed by atoms with Gasteiger partial charge in [-0.2, -0.15) is 0 Å². The Labute approximate surface area is 108 Å². The minimum Gasteiger partial charge on any atom is -0.352 e. The molecule has 5 nitrogen and oxygen atoms in total. The van der Waals surface area contributed by atoms with Gasteiger partial charge in [0.2, 0.25) is 0 Å². The fourth-order valence-electron chi connectivity index (χ4n) is 2.43. The highest BCUT2D eigenvalue weighted by Crippen LogP contribution is 2.22. The van der Waals surface area contributed by atoms with E-state index in [0.29, 0.717) is 17.9 Å². The molecule has 0 amide bonds. The number of nitrogens with one attached hydrogen (secondary N) is 2. The molecular weight excluding hydrogens is 228 g/mol. The molecule has 18 heavy (non-hydrogen) atoms. The molecule has 0 radical (unpaired) electrons. The van der Waals surface area contributed by atoms with E-state index in [4.69, 9.17) is 0 Å². The maximum atomic E-state index is 11.5. The van der Waals surface area contributed by atoms with Gasteiger partial charge in [-0.3, -0.25) is 4.79 Å². The van der Waals surface area contributed by atoms with E-state index >= 15 is 0 Å². The van der Waals surface area contributed by atoms with Crippen molar-refractivity contribution in [2.45, 2.75) is 45.7 Å². The summed E-state index contributed by atoms with van der Waals surface area (Å²) in [4.78, 5) is 20.9. The average Bonchev–Trinajstić information content (AvgIpc) is 2.72. The lowest BCUT2D eigenvalue weighted by molar-refractivity contribution is 0.522. The van der Waals surface area contributed by atoms with Crippen LogP contribution >= 0.6 is 0 Å². The summed E-state index contributed by atoms with van der Waals surface area (Å²) in [5, 5.41) is 3.46. The van der Waals surface area contributed by atoms with E-state index in [1.165, 1.54) is 0 Å². The molecule has 2 N–H and O–H groups in total. The van der Waals surface area contributed by atoms with Crippen LogP contribution in [-0.2, 0) is 0 Å². The van der Waals surface area contributed by atoms with Crippen molar-refractivity contribution in [1.29, 1.82) is 0 Å². The van der Waals surface area contributed by atoms with Crippen LogP contribution in [0.5, 0.6) is 0 Å². The number of hydrogen-bond donors (Lipinski definition) is 2. The summed E-state index contributed by atoms with van der Waals surface area (Å²) >= 11 is 0. The van der Waals surface area contributed by atoms with Gasteiger partial charge in [0, 0.05) is 31.2 Å². The van der Waals surface area contributed by atoms with E-state index in [-0.39, 0.29) is 5.56 Å². The van der Waals surface area contributed by atoms with Crippen LogP contribution in [0.2, 0.25) is 0 Å². The maximum absolute atomic E-state index is 11.5. The third-order valence-electron chi connectivity index (χ3n) is 3.28. The normalized spacial score (nSPS) is 19.8. The lowest BCUT2D eigenvalue weighted by Gasteiger charge is -2.26. The number of aryl methyl sites for hydroxylation is 1. The molecule has 0 saturated carbocycles. The summed E-state index contributed by atoms with van der Waals surface area (Å²) < 4.78 is 0. The van der Waals surface area contributed by atoms with Crippen LogP contribution in [0.4, 0.5) is 5.82 Å². The van der Waals surface area contributed by atoms with Gasteiger partial charge in [0.25, 0.3) is 5.56 Å². The zero-order chi connectivity index (χ0) is 13.1. The summed E-state index contributed by atoms with van der Waals surface area (Å²) in [6.45, 7) is 8.05. The van der Waals surface area contributed by atoms with E-state index in [2.05, 4.69) is 34.0 Å². The van der Waals surface area contributed by atoms with Gasteiger partial charge in [0.15, 0.2) is 0 Å². The zero-order valence-corrected chi connectivity index (χ0v) is 11.4. The average molecular weight is 250 g/mol. The lowest BCUT2D eigenvalue weighted by Crippen LogP contribution is -2.41. The molecule has 0 aromatic carbocycles. The molecule has 0 spiro atoms. The number of H-pyrrole nitrogens is 1. The molecule has 1 aromatic rings. The Bertz CT molecular complexity index is 455. The molecule has 1 fully saturated rings. The number of rotatable bonds is 4.